The van der Waals surface area contributed by atoms with Crippen molar-refractivity contribution in [2.45, 2.75) is 19.8 Å². The molecule has 0 aromatic heterocycles. The van der Waals surface area contributed by atoms with Gasteiger partial charge in [0, 0.05) is 24.1 Å². The van der Waals surface area contributed by atoms with E-state index in [1.54, 1.807) is 7.11 Å². The summed E-state index contributed by atoms with van der Waals surface area (Å²) in [7, 11) is 1.76. The van der Waals surface area contributed by atoms with Crippen LogP contribution in [0.5, 0.6) is 0 Å². The average Bonchev–Trinajstić information content (AvgIpc) is 2.33. The minimum absolute atomic E-state index is 0.628. The van der Waals surface area contributed by atoms with Gasteiger partial charge in [-0.05, 0) is 42.4 Å². The first kappa shape index (κ1) is 15.0. The molecule has 17 heavy (non-hydrogen) atoms. The van der Waals surface area contributed by atoms with Crippen LogP contribution in [0.4, 0.5) is 0 Å². The molecule has 0 N–H and O–H groups in total. The van der Waals surface area contributed by atoms with Gasteiger partial charge in [0.05, 0.1) is 0 Å². The smallest absolute Gasteiger partial charge is 0.0464 e. The van der Waals surface area contributed by atoms with E-state index in [1.165, 1.54) is 5.56 Å². The van der Waals surface area contributed by atoms with Crippen molar-refractivity contribution in [3.63, 3.8) is 0 Å². The number of alkyl halides is 1. The van der Waals surface area contributed by atoms with Crippen molar-refractivity contribution in [1.82, 2.24) is 0 Å². The van der Waals surface area contributed by atoms with E-state index < -0.39 is 0 Å². The van der Waals surface area contributed by atoms with E-state index in [4.69, 9.17) is 16.3 Å². The molecule has 96 valence electrons. The number of hydrogen-bond donors (Lipinski definition) is 0. The van der Waals surface area contributed by atoms with E-state index >= 15 is 0 Å². The molecule has 2 atom stereocenters. The molecular formula is C14H20BrClO. The zero-order valence-electron chi connectivity index (χ0n) is 10.5. The van der Waals surface area contributed by atoms with E-state index in [0.717, 1.165) is 29.8 Å². The maximum atomic E-state index is 6.00. The SMILES string of the molecule is COCCC(C)C(CBr)Cc1cccc(Cl)c1. The first-order chi connectivity index (χ1) is 8.17. The van der Waals surface area contributed by atoms with Crippen LogP contribution in [-0.2, 0) is 11.2 Å². The maximum absolute atomic E-state index is 6.00. The summed E-state index contributed by atoms with van der Waals surface area (Å²) in [6.45, 7) is 3.12. The van der Waals surface area contributed by atoms with Gasteiger partial charge in [-0.2, -0.15) is 0 Å². The summed E-state index contributed by atoms with van der Waals surface area (Å²) in [5.74, 6) is 1.27. The topological polar surface area (TPSA) is 9.23 Å². The van der Waals surface area contributed by atoms with Gasteiger partial charge >= 0.3 is 0 Å². The molecule has 0 aliphatic rings. The van der Waals surface area contributed by atoms with E-state index in [2.05, 4.69) is 35.0 Å². The first-order valence-electron chi connectivity index (χ1n) is 5.96. The molecule has 1 aromatic rings. The van der Waals surface area contributed by atoms with Crippen molar-refractivity contribution in [2.24, 2.45) is 11.8 Å². The van der Waals surface area contributed by atoms with Crippen LogP contribution >= 0.6 is 27.5 Å². The van der Waals surface area contributed by atoms with Crippen molar-refractivity contribution >= 4 is 27.5 Å². The molecular weight excluding hydrogens is 300 g/mol. The van der Waals surface area contributed by atoms with Crippen LogP contribution in [0.15, 0.2) is 24.3 Å². The fourth-order valence-corrected chi connectivity index (χ4v) is 2.99. The third-order valence-electron chi connectivity index (χ3n) is 3.17. The maximum Gasteiger partial charge on any atom is 0.0464 e. The van der Waals surface area contributed by atoms with E-state index in [-0.39, 0.29) is 0 Å². The van der Waals surface area contributed by atoms with Gasteiger partial charge in [0.25, 0.3) is 0 Å². The van der Waals surface area contributed by atoms with Crippen molar-refractivity contribution in [1.29, 1.82) is 0 Å². The monoisotopic (exact) mass is 318 g/mol. The Kier molecular flexibility index (Phi) is 7.17. The van der Waals surface area contributed by atoms with Crippen molar-refractivity contribution in [3.05, 3.63) is 34.9 Å². The van der Waals surface area contributed by atoms with Crippen LogP contribution in [0.3, 0.4) is 0 Å². The molecule has 0 heterocycles. The highest BCUT2D eigenvalue weighted by molar-refractivity contribution is 9.09. The number of halogens is 2. The number of rotatable bonds is 7. The first-order valence-corrected chi connectivity index (χ1v) is 7.46. The highest BCUT2D eigenvalue weighted by atomic mass is 79.9. The van der Waals surface area contributed by atoms with Crippen molar-refractivity contribution in [2.75, 3.05) is 19.0 Å². The Hall–Kier alpha value is -0.0500. The molecule has 1 nitrogen and oxygen atoms in total. The van der Waals surface area contributed by atoms with Crippen LogP contribution in [-0.4, -0.2) is 19.0 Å². The van der Waals surface area contributed by atoms with Gasteiger partial charge in [-0.15, -0.1) is 0 Å². The number of ether oxygens (including phenoxy) is 1. The van der Waals surface area contributed by atoms with Crippen LogP contribution in [0.1, 0.15) is 18.9 Å². The molecule has 2 unspecified atom stereocenters. The zero-order valence-corrected chi connectivity index (χ0v) is 12.8. The second kappa shape index (κ2) is 8.12. The third kappa shape index (κ3) is 5.41. The minimum atomic E-state index is 0.628. The van der Waals surface area contributed by atoms with Gasteiger partial charge in [0.15, 0.2) is 0 Å². The Labute approximate surface area is 118 Å². The van der Waals surface area contributed by atoms with Gasteiger partial charge in [-0.1, -0.05) is 46.6 Å². The van der Waals surface area contributed by atoms with Crippen LogP contribution in [0.25, 0.3) is 0 Å². The Morgan fingerprint density at radius 1 is 1.41 bits per heavy atom. The molecule has 0 saturated heterocycles. The molecule has 1 aromatic carbocycles. The standard InChI is InChI=1S/C14H20BrClO/c1-11(6-7-17-2)13(10-15)8-12-4-3-5-14(16)9-12/h3-5,9,11,13H,6-8,10H2,1-2H3. The van der Waals surface area contributed by atoms with Crippen molar-refractivity contribution in [3.8, 4) is 0 Å². The van der Waals surface area contributed by atoms with E-state index in [1.807, 2.05) is 12.1 Å². The van der Waals surface area contributed by atoms with Crippen LogP contribution in [0, 0.1) is 11.8 Å². The predicted octanol–water partition coefficient (Wildman–Crippen LogP) is 4.57. The molecule has 0 fully saturated rings. The molecule has 3 heteroatoms. The number of benzene rings is 1. The third-order valence-corrected chi connectivity index (χ3v) is 4.23. The fourth-order valence-electron chi connectivity index (χ4n) is 1.91. The summed E-state index contributed by atoms with van der Waals surface area (Å²) in [5.41, 5.74) is 1.31. The second-order valence-electron chi connectivity index (χ2n) is 4.51. The molecule has 0 radical (unpaired) electrons. The van der Waals surface area contributed by atoms with Gasteiger partial charge in [-0.3, -0.25) is 0 Å². The Morgan fingerprint density at radius 2 is 2.18 bits per heavy atom. The molecule has 0 saturated carbocycles. The lowest BCUT2D eigenvalue weighted by Crippen LogP contribution is -2.17. The van der Waals surface area contributed by atoms with E-state index in [0.29, 0.717) is 11.8 Å². The molecule has 0 spiro atoms. The highest BCUT2D eigenvalue weighted by Crippen LogP contribution is 2.23. The molecule has 0 aliphatic heterocycles. The lowest BCUT2D eigenvalue weighted by molar-refractivity contribution is 0.168. The summed E-state index contributed by atoms with van der Waals surface area (Å²) >= 11 is 9.61. The van der Waals surface area contributed by atoms with Gasteiger partial charge < -0.3 is 4.74 Å². The van der Waals surface area contributed by atoms with Crippen molar-refractivity contribution < 1.29 is 4.74 Å². The van der Waals surface area contributed by atoms with Gasteiger partial charge in [0.1, 0.15) is 0 Å². The lowest BCUT2D eigenvalue weighted by Gasteiger charge is -2.22. The summed E-state index contributed by atoms with van der Waals surface area (Å²) in [6, 6.07) is 8.14. The molecule has 1 rings (SSSR count). The summed E-state index contributed by atoms with van der Waals surface area (Å²) in [6.07, 6.45) is 2.17. The highest BCUT2D eigenvalue weighted by Gasteiger charge is 2.16. The molecule has 0 bridgehead atoms. The average molecular weight is 320 g/mol. The molecule has 0 aliphatic carbocycles. The lowest BCUT2D eigenvalue weighted by atomic mass is 9.88. The van der Waals surface area contributed by atoms with Crippen LogP contribution < -0.4 is 0 Å². The summed E-state index contributed by atoms with van der Waals surface area (Å²) in [4.78, 5) is 0. The Balaban J connectivity index is 2.56. The Morgan fingerprint density at radius 3 is 2.76 bits per heavy atom. The zero-order chi connectivity index (χ0) is 12.7. The normalized spacial score (nSPS) is 14.6. The fraction of sp³-hybridized carbons (Fsp3) is 0.571. The summed E-state index contributed by atoms with van der Waals surface area (Å²) in [5, 5.41) is 1.84. The minimum Gasteiger partial charge on any atom is -0.385 e. The number of methoxy groups -OCH3 is 1. The van der Waals surface area contributed by atoms with E-state index in [9.17, 15) is 0 Å². The predicted molar refractivity (Wildman–Crippen MR) is 78.1 cm³/mol. The quantitative estimate of drug-likeness (QED) is 0.669. The number of hydrogen-bond acceptors (Lipinski definition) is 1. The van der Waals surface area contributed by atoms with Gasteiger partial charge in [-0.25, -0.2) is 0 Å². The van der Waals surface area contributed by atoms with Gasteiger partial charge in [0.2, 0.25) is 0 Å². The second-order valence-corrected chi connectivity index (χ2v) is 5.59. The molecule has 0 amide bonds. The largest absolute Gasteiger partial charge is 0.385 e. The van der Waals surface area contributed by atoms with Crippen LogP contribution in [0.2, 0.25) is 5.02 Å². The summed E-state index contributed by atoms with van der Waals surface area (Å²) < 4.78 is 5.14. The Bertz CT molecular complexity index is 330.